The Kier molecular flexibility index (Phi) is 5.93. The van der Waals surface area contributed by atoms with E-state index < -0.39 is 20.4 Å². The van der Waals surface area contributed by atoms with Gasteiger partial charge < -0.3 is 10.1 Å². The molecule has 0 spiro atoms. The van der Waals surface area contributed by atoms with E-state index >= 15 is 0 Å². The average molecular weight is 407 g/mol. The summed E-state index contributed by atoms with van der Waals surface area (Å²) in [7, 11) is -2.91. The van der Waals surface area contributed by atoms with E-state index in [9.17, 15) is 23.3 Å². The van der Waals surface area contributed by atoms with Gasteiger partial charge in [0.25, 0.3) is 15.7 Å². The van der Waals surface area contributed by atoms with E-state index in [1.165, 1.54) is 25.3 Å². The summed E-state index contributed by atoms with van der Waals surface area (Å²) in [5.74, 6) is -0.261. The molecule has 0 heterocycles. The van der Waals surface area contributed by atoms with Crippen molar-refractivity contribution in [2.24, 2.45) is 5.41 Å². The molecule has 150 valence electrons. The standard InChI is InChI=1S/C18H21N3O6S/c1-18(2,3)17(22)19-12-6-5-7-13(10-12)20-28(25,26)16-11-14(21(23)24)8-9-15(16)27-4/h5-11,20H,1-4H3,(H,19,22). The maximum atomic E-state index is 12.7. The maximum absolute atomic E-state index is 12.7. The number of rotatable bonds is 6. The number of nitro benzene ring substituents is 1. The normalized spacial score (nSPS) is 11.6. The zero-order valence-electron chi connectivity index (χ0n) is 15.8. The summed E-state index contributed by atoms with van der Waals surface area (Å²) in [6, 6.07) is 9.43. The molecule has 28 heavy (non-hydrogen) atoms. The van der Waals surface area contributed by atoms with Crippen molar-refractivity contribution in [2.75, 3.05) is 17.1 Å². The van der Waals surface area contributed by atoms with E-state index in [1.54, 1.807) is 32.9 Å². The van der Waals surface area contributed by atoms with E-state index in [1.807, 2.05) is 0 Å². The van der Waals surface area contributed by atoms with Crippen molar-refractivity contribution in [1.82, 2.24) is 0 Å². The van der Waals surface area contributed by atoms with Crippen molar-refractivity contribution in [3.8, 4) is 5.75 Å². The lowest BCUT2D eigenvalue weighted by Crippen LogP contribution is -2.27. The van der Waals surface area contributed by atoms with Gasteiger partial charge >= 0.3 is 0 Å². The molecular weight excluding hydrogens is 386 g/mol. The van der Waals surface area contributed by atoms with Crippen LogP contribution in [0.25, 0.3) is 0 Å². The van der Waals surface area contributed by atoms with Crippen LogP contribution in [0.15, 0.2) is 47.4 Å². The van der Waals surface area contributed by atoms with Crippen LogP contribution >= 0.6 is 0 Å². The minimum absolute atomic E-state index is 0.0321. The van der Waals surface area contributed by atoms with Gasteiger partial charge in [-0.25, -0.2) is 8.42 Å². The zero-order valence-corrected chi connectivity index (χ0v) is 16.7. The number of carbonyl (C=O) groups is 1. The lowest BCUT2D eigenvalue weighted by molar-refractivity contribution is -0.385. The Hall–Kier alpha value is -3.14. The Labute approximate surface area is 162 Å². The molecule has 0 aliphatic rings. The fourth-order valence-corrected chi connectivity index (χ4v) is 3.42. The molecule has 10 heteroatoms. The van der Waals surface area contributed by atoms with Crippen LogP contribution < -0.4 is 14.8 Å². The molecule has 0 saturated heterocycles. The Bertz CT molecular complexity index is 1010. The summed E-state index contributed by atoms with van der Waals surface area (Å²) in [6.45, 7) is 5.26. The number of anilines is 2. The van der Waals surface area contributed by atoms with E-state index in [0.717, 1.165) is 12.1 Å². The summed E-state index contributed by atoms with van der Waals surface area (Å²) >= 11 is 0. The van der Waals surface area contributed by atoms with Crippen LogP contribution in [0.1, 0.15) is 20.8 Å². The molecule has 9 nitrogen and oxygen atoms in total. The first-order chi connectivity index (χ1) is 12.9. The molecule has 2 rings (SSSR count). The molecule has 0 aromatic heterocycles. The van der Waals surface area contributed by atoms with Crippen molar-refractivity contribution in [1.29, 1.82) is 0 Å². The van der Waals surface area contributed by atoms with Crippen molar-refractivity contribution in [3.05, 3.63) is 52.6 Å². The quantitative estimate of drug-likeness (QED) is 0.558. The van der Waals surface area contributed by atoms with E-state index in [-0.39, 0.29) is 27.9 Å². The monoisotopic (exact) mass is 407 g/mol. The van der Waals surface area contributed by atoms with Crippen LogP contribution in [-0.2, 0) is 14.8 Å². The molecule has 0 aliphatic heterocycles. The summed E-state index contributed by atoms with van der Waals surface area (Å²) in [6.07, 6.45) is 0. The summed E-state index contributed by atoms with van der Waals surface area (Å²) in [5.41, 5.74) is -0.412. The SMILES string of the molecule is COc1ccc([N+](=O)[O-])cc1S(=O)(=O)Nc1cccc(NC(=O)C(C)(C)C)c1. The molecule has 0 aliphatic carbocycles. The number of hydrogen-bond donors (Lipinski definition) is 2. The number of carbonyl (C=O) groups excluding carboxylic acids is 1. The molecule has 2 aromatic carbocycles. The van der Waals surface area contributed by atoms with Gasteiger partial charge in [0.2, 0.25) is 5.91 Å². The average Bonchev–Trinajstić information content (AvgIpc) is 2.60. The van der Waals surface area contributed by atoms with Crippen molar-refractivity contribution in [2.45, 2.75) is 25.7 Å². The summed E-state index contributed by atoms with van der Waals surface area (Å²) in [5, 5.41) is 13.7. The van der Waals surface area contributed by atoms with Gasteiger partial charge in [0.1, 0.15) is 10.6 Å². The van der Waals surface area contributed by atoms with Gasteiger partial charge in [-0.2, -0.15) is 0 Å². The highest BCUT2D eigenvalue weighted by atomic mass is 32.2. The minimum atomic E-state index is -4.18. The fourth-order valence-electron chi connectivity index (χ4n) is 2.18. The molecule has 0 radical (unpaired) electrons. The summed E-state index contributed by atoms with van der Waals surface area (Å²) in [4.78, 5) is 22.0. The van der Waals surface area contributed by atoms with Gasteiger partial charge in [-0.3, -0.25) is 19.6 Å². The maximum Gasteiger partial charge on any atom is 0.271 e. The Morgan fingerprint density at radius 3 is 2.32 bits per heavy atom. The third kappa shape index (κ3) is 4.97. The molecule has 0 fully saturated rings. The fraction of sp³-hybridized carbons (Fsp3) is 0.278. The predicted octanol–water partition coefficient (Wildman–Crippen LogP) is 3.39. The molecule has 2 aromatic rings. The summed E-state index contributed by atoms with van der Waals surface area (Å²) < 4.78 is 32.9. The second-order valence-corrected chi connectivity index (χ2v) is 8.63. The smallest absolute Gasteiger partial charge is 0.271 e. The molecular formula is C18H21N3O6S. The number of methoxy groups -OCH3 is 1. The highest BCUT2D eigenvalue weighted by Crippen LogP contribution is 2.30. The Balaban J connectivity index is 2.35. The van der Waals surface area contributed by atoms with Crippen LogP contribution in [0.2, 0.25) is 0 Å². The van der Waals surface area contributed by atoms with Gasteiger partial charge in [0.15, 0.2) is 0 Å². The number of nitrogens with one attached hydrogen (secondary N) is 2. The van der Waals surface area contributed by atoms with Gasteiger partial charge in [0, 0.05) is 23.2 Å². The first-order valence-corrected chi connectivity index (χ1v) is 9.69. The van der Waals surface area contributed by atoms with Crippen LogP contribution in [-0.4, -0.2) is 26.4 Å². The number of benzene rings is 2. The molecule has 0 bridgehead atoms. The number of ether oxygens (including phenoxy) is 1. The van der Waals surface area contributed by atoms with Crippen LogP contribution in [0, 0.1) is 15.5 Å². The van der Waals surface area contributed by atoms with E-state index in [2.05, 4.69) is 10.0 Å². The van der Waals surface area contributed by atoms with Crippen molar-refractivity contribution < 1.29 is 22.9 Å². The second-order valence-electron chi connectivity index (χ2n) is 6.98. The van der Waals surface area contributed by atoms with Crippen LogP contribution in [0.4, 0.5) is 17.1 Å². The second kappa shape index (κ2) is 7.85. The first-order valence-electron chi connectivity index (χ1n) is 8.21. The zero-order chi connectivity index (χ0) is 21.1. The third-order valence-corrected chi connectivity index (χ3v) is 5.10. The number of amides is 1. The predicted molar refractivity (Wildman–Crippen MR) is 105 cm³/mol. The number of sulfonamides is 1. The third-order valence-electron chi connectivity index (χ3n) is 3.70. The molecule has 2 N–H and O–H groups in total. The lowest BCUT2D eigenvalue weighted by atomic mass is 9.95. The number of nitro groups is 1. The highest BCUT2D eigenvalue weighted by molar-refractivity contribution is 7.92. The Morgan fingerprint density at radius 1 is 1.11 bits per heavy atom. The van der Waals surface area contributed by atoms with Gasteiger partial charge in [-0.05, 0) is 24.3 Å². The lowest BCUT2D eigenvalue weighted by Gasteiger charge is -2.18. The van der Waals surface area contributed by atoms with Crippen molar-refractivity contribution >= 4 is 33.0 Å². The number of hydrogen-bond acceptors (Lipinski definition) is 6. The Morgan fingerprint density at radius 2 is 1.75 bits per heavy atom. The van der Waals surface area contributed by atoms with Gasteiger partial charge in [-0.1, -0.05) is 26.8 Å². The van der Waals surface area contributed by atoms with Gasteiger partial charge in [-0.15, -0.1) is 0 Å². The molecule has 1 amide bonds. The first kappa shape index (κ1) is 21.2. The van der Waals surface area contributed by atoms with E-state index in [4.69, 9.17) is 4.74 Å². The topological polar surface area (TPSA) is 128 Å². The number of nitrogens with zero attached hydrogens (tertiary/aromatic N) is 1. The number of non-ortho nitro benzene ring substituents is 1. The van der Waals surface area contributed by atoms with E-state index in [0.29, 0.717) is 5.69 Å². The van der Waals surface area contributed by atoms with Crippen LogP contribution in [0.5, 0.6) is 5.75 Å². The molecule has 0 atom stereocenters. The van der Waals surface area contributed by atoms with Gasteiger partial charge in [0.05, 0.1) is 17.7 Å². The molecule has 0 saturated carbocycles. The van der Waals surface area contributed by atoms with Crippen molar-refractivity contribution in [3.63, 3.8) is 0 Å². The highest BCUT2D eigenvalue weighted by Gasteiger charge is 2.24. The largest absolute Gasteiger partial charge is 0.495 e. The van der Waals surface area contributed by atoms with Crippen LogP contribution in [0.3, 0.4) is 0 Å². The molecule has 0 unspecified atom stereocenters. The minimum Gasteiger partial charge on any atom is -0.495 e.